The summed E-state index contributed by atoms with van der Waals surface area (Å²) >= 11 is 0. The highest BCUT2D eigenvalue weighted by molar-refractivity contribution is 5.93. The van der Waals surface area contributed by atoms with E-state index in [0.29, 0.717) is 5.92 Å². The smallest absolute Gasteiger partial charge is 0.123 e. The Balaban J connectivity index is 1.07. The summed E-state index contributed by atoms with van der Waals surface area (Å²) in [5.41, 5.74) is 6.46. The molecule has 0 atom stereocenters. The normalized spacial score (nSPS) is 17.2. The van der Waals surface area contributed by atoms with Gasteiger partial charge in [-0.05, 0) is 80.6 Å². The molecule has 1 aliphatic heterocycles. The van der Waals surface area contributed by atoms with Crippen molar-refractivity contribution in [1.29, 1.82) is 0 Å². The standard InChI is InChI=1S/C31H32FN5/c1-35-29-17-22(11-12-26(29)30(34-35)24-5-4-6-25(32)18-24)19-36-15-13-23(14-16-36)31-33-27-7-2-3-8-28(27)37(31)20-21-9-10-21/h2-8,11-12,17-18,21,23H,9-10,13-16,19-20H2,1H3. The first-order chi connectivity index (χ1) is 18.1. The van der Waals surface area contributed by atoms with Gasteiger partial charge in [-0.1, -0.05) is 36.4 Å². The van der Waals surface area contributed by atoms with Gasteiger partial charge in [-0.15, -0.1) is 0 Å². The maximum Gasteiger partial charge on any atom is 0.123 e. The topological polar surface area (TPSA) is 38.9 Å². The predicted octanol–water partition coefficient (Wildman–Crippen LogP) is 6.52. The van der Waals surface area contributed by atoms with Crippen LogP contribution in [-0.4, -0.2) is 37.3 Å². The number of halogens is 1. The van der Waals surface area contributed by atoms with E-state index in [1.165, 1.54) is 35.8 Å². The highest BCUT2D eigenvalue weighted by atomic mass is 19.1. The van der Waals surface area contributed by atoms with Crippen molar-refractivity contribution in [2.75, 3.05) is 13.1 Å². The van der Waals surface area contributed by atoms with Crippen LogP contribution in [0.25, 0.3) is 33.2 Å². The summed E-state index contributed by atoms with van der Waals surface area (Å²) < 4.78 is 18.2. The molecule has 1 saturated heterocycles. The molecule has 0 bridgehead atoms. The van der Waals surface area contributed by atoms with E-state index >= 15 is 0 Å². The predicted molar refractivity (Wildman–Crippen MR) is 146 cm³/mol. The quantitative estimate of drug-likeness (QED) is 0.270. The maximum atomic E-state index is 13.8. The van der Waals surface area contributed by atoms with Gasteiger partial charge in [-0.2, -0.15) is 5.10 Å². The number of hydrogen-bond donors (Lipinski definition) is 0. The molecule has 0 radical (unpaired) electrons. The summed E-state index contributed by atoms with van der Waals surface area (Å²) in [4.78, 5) is 7.68. The molecule has 2 aliphatic rings. The number of nitrogens with zero attached hydrogens (tertiary/aromatic N) is 5. The number of likely N-dealkylation sites (tertiary alicyclic amines) is 1. The summed E-state index contributed by atoms with van der Waals surface area (Å²) in [6, 6.07) is 21.9. The molecule has 0 amide bonds. The lowest BCUT2D eigenvalue weighted by Crippen LogP contribution is -2.33. The fraction of sp³-hybridized carbons (Fsp3) is 0.355. The van der Waals surface area contributed by atoms with Crippen molar-refractivity contribution < 1.29 is 4.39 Å². The van der Waals surface area contributed by atoms with Gasteiger partial charge in [-0.25, -0.2) is 9.37 Å². The minimum Gasteiger partial charge on any atom is -0.327 e. The van der Waals surface area contributed by atoms with Crippen LogP contribution in [0.3, 0.4) is 0 Å². The van der Waals surface area contributed by atoms with Crippen LogP contribution in [0.5, 0.6) is 0 Å². The Morgan fingerprint density at radius 2 is 1.73 bits per heavy atom. The zero-order valence-corrected chi connectivity index (χ0v) is 21.3. The summed E-state index contributed by atoms with van der Waals surface area (Å²) in [7, 11) is 1.97. The zero-order chi connectivity index (χ0) is 24.9. The molecule has 3 aromatic carbocycles. The van der Waals surface area contributed by atoms with Crippen LogP contribution in [0.4, 0.5) is 4.39 Å². The Hall–Kier alpha value is -3.51. The van der Waals surface area contributed by atoms with E-state index < -0.39 is 0 Å². The average Bonchev–Trinajstić information content (AvgIpc) is 3.58. The molecule has 7 rings (SSSR count). The van der Waals surface area contributed by atoms with E-state index in [4.69, 9.17) is 10.1 Å². The van der Waals surface area contributed by atoms with Gasteiger partial charge < -0.3 is 4.57 Å². The van der Waals surface area contributed by atoms with E-state index in [2.05, 4.69) is 51.9 Å². The summed E-state index contributed by atoms with van der Waals surface area (Å²) in [5, 5.41) is 5.77. The molecule has 0 unspecified atom stereocenters. The van der Waals surface area contributed by atoms with Gasteiger partial charge in [0.15, 0.2) is 0 Å². The number of para-hydroxylation sites is 2. The van der Waals surface area contributed by atoms with Crippen molar-refractivity contribution in [2.24, 2.45) is 13.0 Å². The number of imidazole rings is 1. The molecule has 0 N–H and O–H groups in total. The van der Waals surface area contributed by atoms with E-state index in [1.54, 1.807) is 12.1 Å². The Kier molecular flexibility index (Phi) is 5.58. The van der Waals surface area contributed by atoms with E-state index in [9.17, 15) is 4.39 Å². The van der Waals surface area contributed by atoms with Crippen molar-refractivity contribution in [3.8, 4) is 11.3 Å². The Labute approximate surface area is 216 Å². The third-order valence-corrected chi connectivity index (χ3v) is 8.19. The second-order valence-corrected chi connectivity index (χ2v) is 10.9. The van der Waals surface area contributed by atoms with E-state index in [1.807, 2.05) is 17.8 Å². The monoisotopic (exact) mass is 493 g/mol. The number of benzene rings is 3. The Bertz CT molecular complexity index is 1590. The number of hydrogen-bond acceptors (Lipinski definition) is 3. The van der Waals surface area contributed by atoms with Crippen molar-refractivity contribution >= 4 is 21.9 Å². The van der Waals surface area contributed by atoms with Crippen LogP contribution in [0.1, 0.15) is 43.0 Å². The minimum absolute atomic E-state index is 0.237. The van der Waals surface area contributed by atoms with Gasteiger partial charge in [-0.3, -0.25) is 9.58 Å². The molecule has 1 saturated carbocycles. The van der Waals surface area contributed by atoms with Gasteiger partial charge >= 0.3 is 0 Å². The lowest BCUT2D eigenvalue weighted by Gasteiger charge is -2.32. The molecular weight excluding hydrogens is 461 g/mol. The molecular formula is C31H32FN5. The lowest BCUT2D eigenvalue weighted by molar-refractivity contribution is 0.200. The Morgan fingerprint density at radius 3 is 2.54 bits per heavy atom. The molecule has 3 heterocycles. The average molecular weight is 494 g/mol. The second-order valence-electron chi connectivity index (χ2n) is 10.9. The molecule has 0 spiro atoms. The van der Waals surface area contributed by atoms with Gasteiger partial charge in [0.05, 0.1) is 16.6 Å². The lowest BCUT2D eigenvalue weighted by atomic mass is 9.95. The molecule has 188 valence electrons. The zero-order valence-electron chi connectivity index (χ0n) is 21.3. The van der Waals surface area contributed by atoms with Gasteiger partial charge in [0.1, 0.15) is 17.3 Å². The number of fused-ring (bicyclic) bond motifs is 2. The molecule has 37 heavy (non-hydrogen) atoms. The minimum atomic E-state index is -0.237. The van der Waals surface area contributed by atoms with Gasteiger partial charge in [0.25, 0.3) is 0 Å². The fourth-order valence-electron chi connectivity index (χ4n) is 6.01. The molecule has 2 aromatic heterocycles. The van der Waals surface area contributed by atoms with Crippen molar-refractivity contribution in [1.82, 2.24) is 24.2 Å². The van der Waals surface area contributed by atoms with Crippen molar-refractivity contribution in [3.05, 3.63) is 83.9 Å². The van der Waals surface area contributed by atoms with E-state index in [-0.39, 0.29) is 5.82 Å². The molecule has 5 nitrogen and oxygen atoms in total. The molecule has 6 heteroatoms. The van der Waals surface area contributed by atoms with Crippen LogP contribution in [-0.2, 0) is 20.1 Å². The summed E-state index contributed by atoms with van der Waals surface area (Å²) in [6.45, 7) is 4.21. The van der Waals surface area contributed by atoms with E-state index in [0.717, 1.165) is 72.6 Å². The third-order valence-electron chi connectivity index (χ3n) is 8.19. The number of aryl methyl sites for hydroxylation is 1. The summed E-state index contributed by atoms with van der Waals surface area (Å²) in [5.74, 6) is 2.42. The molecule has 5 aromatic rings. The fourth-order valence-corrected chi connectivity index (χ4v) is 6.01. The number of aromatic nitrogens is 4. The first kappa shape index (κ1) is 22.7. The highest BCUT2D eigenvalue weighted by Gasteiger charge is 2.29. The van der Waals surface area contributed by atoms with Crippen LogP contribution in [0.2, 0.25) is 0 Å². The molecule has 2 fully saturated rings. The van der Waals surface area contributed by atoms with Gasteiger partial charge in [0, 0.05) is 37.0 Å². The van der Waals surface area contributed by atoms with Crippen LogP contribution >= 0.6 is 0 Å². The highest BCUT2D eigenvalue weighted by Crippen LogP contribution is 2.36. The number of piperidine rings is 1. The largest absolute Gasteiger partial charge is 0.327 e. The van der Waals surface area contributed by atoms with Gasteiger partial charge in [0.2, 0.25) is 0 Å². The Morgan fingerprint density at radius 1 is 0.892 bits per heavy atom. The molecule has 1 aliphatic carbocycles. The SMILES string of the molecule is Cn1nc(-c2cccc(F)c2)c2ccc(CN3CCC(c4nc5ccccc5n4CC4CC4)CC3)cc21. The first-order valence-electron chi connectivity index (χ1n) is 13.5. The summed E-state index contributed by atoms with van der Waals surface area (Å²) in [6.07, 6.45) is 5.00. The third kappa shape index (κ3) is 4.33. The first-order valence-corrected chi connectivity index (χ1v) is 13.5. The van der Waals surface area contributed by atoms with Crippen molar-refractivity contribution in [2.45, 2.75) is 44.7 Å². The van der Waals surface area contributed by atoms with Crippen LogP contribution < -0.4 is 0 Å². The van der Waals surface area contributed by atoms with Crippen LogP contribution in [0, 0.1) is 11.7 Å². The van der Waals surface area contributed by atoms with Crippen molar-refractivity contribution in [3.63, 3.8) is 0 Å². The maximum absolute atomic E-state index is 13.8. The van der Waals surface area contributed by atoms with Crippen LogP contribution in [0.15, 0.2) is 66.7 Å². The number of rotatable bonds is 6. The second kappa shape index (κ2) is 9.10.